The van der Waals surface area contributed by atoms with Crippen molar-refractivity contribution in [1.82, 2.24) is 93.7 Å². The molecule has 596 valence electrons. The largest absolute Gasteiger partial charge is 0.478 e. The molecule has 9 aromatic rings. The third-order valence-corrected chi connectivity index (χ3v) is 21.2. The first-order valence-corrected chi connectivity index (χ1v) is 40.5. The molecule has 27 heteroatoms. The predicted molar refractivity (Wildman–Crippen MR) is 446 cm³/mol. The number of carbonyl (C=O) groups is 3. The van der Waals surface area contributed by atoms with E-state index in [0.29, 0.717) is 35.7 Å². The fourth-order valence-electron chi connectivity index (χ4n) is 13.8. The summed E-state index contributed by atoms with van der Waals surface area (Å²) in [6, 6.07) is 35.5. The molecule has 0 bridgehead atoms. The summed E-state index contributed by atoms with van der Waals surface area (Å²) >= 11 is 8.61. The fourth-order valence-corrected chi connectivity index (χ4v) is 14.0. The Morgan fingerprint density at radius 1 is 0.432 bits per heavy atom. The maximum absolute atomic E-state index is 12.1. The van der Waals surface area contributed by atoms with Gasteiger partial charge in [0, 0.05) is 253 Å². The zero-order valence-corrected chi connectivity index (χ0v) is 68.1. The number of carbonyl (C=O) groups excluding carboxylic acids is 1. The highest BCUT2D eigenvalue weighted by atomic mass is 79.9. The van der Waals surface area contributed by atoms with Gasteiger partial charge in [0.15, 0.2) is 5.78 Å². The molecule has 0 radical (unpaired) electrons. The average Bonchev–Trinajstić information content (AvgIpc) is 1.69. The smallest absolute Gasteiger partial charge is 0.336 e. The number of hydrogen-bond acceptors (Lipinski definition) is 20. The molecule has 0 aliphatic carbocycles. The molecule has 0 atom stereocenters. The lowest BCUT2D eigenvalue weighted by atomic mass is 9.98. The molecule has 111 heavy (non-hydrogen) atoms. The predicted octanol–water partition coefficient (Wildman–Crippen LogP) is 8.32. The van der Waals surface area contributed by atoms with E-state index in [0.717, 1.165) is 205 Å². The van der Waals surface area contributed by atoms with Crippen LogP contribution in [0.4, 0.5) is 0 Å². The van der Waals surface area contributed by atoms with Gasteiger partial charge in [-0.1, -0.05) is 107 Å². The third-order valence-electron chi connectivity index (χ3n) is 20.7. The summed E-state index contributed by atoms with van der Waals surface area (Å²) in [5.74, 6) is -1.04. The molecule has 6 aromatic heterocycles. The Balaban J connectivity index is 0.000000169. The van der Waals surface area contributed by atoms with Crippen LogP contribution in [0.15, 0.2) is 165 Å². The molecule has 5 fully saturated rings. The molecule has 0 saturated carbocycles. The van der Waals surface area contributed by atoms with Crippen molar-refractivity contribution in [2.24, 2.45) is 0 Å². The molecule has 5 aliphatic rings. The summed E-state index contributed by atoms with van der Waals surface area (Å²) in [6.45, 7) is 30.7. The highest BCUT2D eigenvalue weighted by Crippen LogP contribution is 2.30. The molecule has 0 spiro atoms. The van der Waals surface area contributed by atoms with Gasteiger partial charge in [-0.05, 0) is 93.7 Å². The van der Waals surface area contributed by atoms with Crippen LogP contribution in [0, 0.1) is 0 Å². The Labute approximate surface area is 669 Å². The van der Waals surface area contributed by atoms with Gasteiger partial charge in [-0.3, -0.25) is 53.4 Å². The van der Waals surface area contributed by atoms with E-state index in [9.17, 15) is 24.6 Å². The van der Waals surface area contributed by atoms with Crippen molar-refractivity contribution in [2.75, 3.05) is 210 Å². The Kier molecular flexibility index (Phi) is 36.4. The molecule has 4 N–H and O–H groups in total. The van der Waals surface area contributed by atoms with E-state index < -0.39 is 11.9 Å². The number of halogens is 2. The second-order valence-electron chi connectivity index (χ2n) is 28.8. The van der Waals surface area contributed by atoms with Crippen molar-refractivity contribution in [3.05, 3.63) is 215 Å². The number of aliphatic hydroxyl groups is 1. The molecular weight excluding hydrogens is 1490 g/mol. The summed E-state index contributed by atoms with van der Waals surface area (Å²) in [5, 5.41) is 45.1. The Morgan fingerprint density at radius 3 is 1.13 bits per heavy atom. The van der Waals surface area contributed by atoms with Gasteiger partial charge in [-0.25, -0.2) is 9.59 Å². The number of piperazine rings is 5. The van der Waals surface area contributed by atoms with Crippen LogP contribution < -0.4 is 5.32 Å². The standard InChI is InChI=1S/C24H29N5O.2C23H27N5O2.C7H15ClN2.C5H12N2.C2H5BrO/c1-19(30)22-8-9-25-17-21(22)16-24-23(20-6-4-3-5-7-20)18-26-29(24)15-14-28-12-10-27(2)11-13-28;1-26-9-11-27(12-10-26)13-14-28-17-21(18-5-3-2-4-6-18)22(25-28)15-19-16-24-8-7-20(19)23(29)30;1-26-9-11-27(12-10-26)13-14-28-22(15-19-16-24-8-7-20(19)23(29)30)21(17-25-28)18-5-3-2-4-6-18;1-9-4-6-10(3-2-8)7-5-9;1-7-4-2-6-3-5-7;3-1-2-4/h3-9,17-18H,10-16H2,1-2H3;2*2-8,16-17H,9-15H2,1H3,(H,29,30);2-7H2,1H3;6H,2-5H2,1H3;4H,1-2H2. The third kappa shape index (κ3) is 28.1. The number of rotatable bonds is 24. The first-order chi connectivity index (χ1) is 54.0. The highest BCUT2D eigenvalue weighted by molar-refractivity contribution is 9.09. The van der Waals surface area contributed by atoms with E-state index in [1.165, 1.54) is 51.7 Å². The first-order valence-electron chi connectivity index (χ1n) is 38.8. The van der Waals surface area contributed by atoms with Crippen LogP contribution in [0.1, 0.15) is 71.8 Å². The number of nitrogens with zero attached hydrogens (tertiary/aromatic N) is 18. The molecule has 25 nitrogen and oxygen atoms in total. The van der Waals surface area contributed by atoms with Crippen molar-refractivity contribution in [3.63, 3.8) is 0 Å². The number of carboxylic acids is 2. The lowest BCUT2D eigenvalue weighted by molar-refractivity contribution is 0.0684. The lowest BCUT2D eigenvalue weighted by Gasteiger charge is -2.32. The van der Waals surface area contributed by atoms with E-state index >= 15 is 0 Å². The number of carboxylic acid groups (broad SMARTS) is 2. The first kappa shape index (κ1) is 86.7. The van der Waals surface area contributed by atoms with Crippen LogP contribution in [0.5, 0.6) is 0 Å². The van der Waals surface area contributed by atoms with Crippen LogP contribution in [-0.2, 0) is 38.9 Å². The minimum absolute atomic E-state index is 0.0668. The number of ketones is 1. The van der Waals surface area contributed by atoms with Gasteiger partial charge in [-0.2, -0.15) is 15.3 Å². The van der Waals surface area contributed by atoms with Crippen LogP contribution in [0.25, 0.3) is 33.4 Å². The van der Waals surface area contributed by atoms with Gasteiger partial charge in [0.25, 0.3) is 0 Å². The number of hydrogen-bond donors (Lipinski definition) is 4. The van der Waals surface area contributed by atoms with Crippen molar-refractivity contribution >= 4 is 45.3 Å². The van der Waals surface area contributed by atoms with E-state index in [4.69, 9.17) is 26.9 Å². The van der Waals surface area contributed by atoms with Crippen LogP contribution in [-0.4, -0.2) is 332 Å². The minimum Gasteiger partial charge on any atom is -0.478 e. The number of likely N-dealkylation sites (N-methyl/N-ethyl adjacent to an activating group) is 5. The molecular formula is C84H115BrClN19O6. The number of pyridine rings is 3. The number of aliphatic hydroxyl groups excluding tert-OH is 1. The molecule has 0 unspecified atom stereocenters. The molecule has 5 aliphatic heterocycles. The fraction of sp³-hybridized carbons (Fsp3) is 0.464. The Hall–Kier alpha value is -8.32. The Bertz CT molecular complexity index is 3970. The quantitative estimate of drug-likeness (QED) is 0.0328. The second kappa shape index (κ2) is 46.6. The zero-order chi connectivity index (χ0) is 78.7. The molecule has 14 rings (SSSR count). The minimum atomic E-state index is -0.942. The van der Waals surface area contributed by atoms with Gasteiger partial charge in [0.2, 0.25) is 0 Å². The number of Topliss-reactive ketones (excluding diaryl/α,β-unsaturated/α-hetero) is 1. The molecule has 3 aromatic carbocycles. The van der Waals surface area contributed by atoms with Crippen molar-refractivity contribution in [2.45, 2.75) is 45.8 Å². The van der Waals surface area contributed by atoms with E-state index in [-0.39, 0.29) is 23.5 Å². The van der Waals surface area contributed by atoms with Crippen LogP contribution in [0.2, 0.25) is 0 Å². The zero-order valence-electron chi connectivity index (χ0n) is 65.8. The molecule has 0 amide bonds. The number of alkyl halides is 2. The molecule has 5 saturated heterocycles. The number of aromatic carboxylic acids is 2. The monoisotopic (exact) mass is 1600 g/mol. The second-order valence-corrected chi connectivity index (χ2v) is 30.0. The maximum Gasteiger partial charge on any atom is 0.336 e. The van der Waals surface area contributed by atoms with Gasteiger partial charge in [0.05, 0.1) is 66.8 Å². The topological polar surface area (TPSA) is 245 Å². The normalized spacial score (nSPS) is 16.4. The summed E-state index contributed by atoms with van der Waals surface area (Å²) in [6.07, 6.45) is 17.3. The van der Waals surface area contributed by atoms with E-state index in [1.54, 1.807) is 37.6 Å². The summed E-state index contributed by atoms with van der Waals surface area (Å²) in [7, 11) is 10.8. The lowest BCUT2D eigenvalue weighted by Crippen LogP contribution is -2.45. The van der Waals surface area contributed by atoms with Crippen molar-refractivity contribution in [3.8, 4) is 33.4 Å². The Morgan fingerprint density at radius 2 is 0.775 bits per heavy atom. The summed E-state index contributed by atoms with van der Waals surface area (Å²) < 4.78 is 6.13. The number of aromatic nitrogens is 9. The maximum atomic E-state index is 12.1. The van der Waals surface area contributed by atoms with Gasteiger partial charge in [-0.15, -0.1) is 11.6 Å². The van der Waals surface area contributed by atoms with Gasteiger partial charge in [0.1, 0.15) is 0 Å². The van der Waals surface area contributed by atoms with Gasteiger partial charge < -0.3 is 45.1 Å². The van der Waals surface area contributed by atoms with Gasteiger partial charge >= 0.3 is 11.9 Å². The molecule has 11 heterocycles. The van der Waals surface area contributed by atoms with E-state index in [1.807, 2.05) is 88.6 Å². The number of nitrogens with one attached hydrogen (secondary N) is 1. The number of benzene rings is 3. The van der Waals surface area contributed by atoms with Crippen molar-refractivity contribution in [1.29, 1.82) is 0 Å². The average molecular weight is 1600 g/mol. The van der Waals surface area contributed by atoms with Crippen LogP contribution >= 0.6 is 27.5 Å². The van der Waals surface area contributed by atoms with E-state index in [2.05, 4.69) is 168 Å². The SMILES string of the molecule is CC(=O)c1ccncc1Cc1c(-c2ccccc2)cnn1CCN1CCN(C)CC1.CN1CCN(CCCl)CC1.CN1CCN(CCn2cc(-c3ccccc3)c(Cc3cnccc3C(=O)O)n2)CC1.CN1CCN(CCn2ncc(-c3ccccc3)c2Cc2cnccc2C(=O)O)CC1.CN1CCNCC1.OCCBr. The van der Waals surface area contributed by atoms with Crippen LogP contribution in [0.3, 0.4) is 0 Å². The summed E-state index contributed by atoms with van der Waals surface area (Å²) in [5.41, 5.74) is 13.1. The highest BCUT2D eigenvalue weighted by Gasteiger charge is 2.24. The summed E-state index contributed by atoms with van der Waals surface area (Å²) in [4.78, 5) is 69.6. The van der Waals surface area contributed by atoms with Crippen molar-refractivity contribution < 1.29 is 29.7 Å².